The fourth-order valence-electron chi connectivity index (χ4n) is 2.43. The normalized spacial score (nSPS) is 13.8. The fraction of sp³-hybridized carbons (Fsp3) is 0.625. The maximum Gasteiger partial charge on any atom is 0.0443 e. The average Bonchev–Trinajstić information content (AvgIpc) is 2.43. The predicted octanol–water partition coefficient (Wildman–Crippen LogP) is 2.42. The minimum atomic E-state index is 0.00676. The highest BCUT2D eigenvalue weighted by molar-refractivity contribution is 5.20. The summed E-state index contributed by atoms with van der Waals surface area (Å²) in [6.07, 6.45) is 0.824. The first-order valence-corrected chi connectivity index (χ1v) is 7.15. The van der Waals surface area contributed by atoms with Crippen LogP contribution in [-0.4, -0.2) is 36.2 Å². The number of hydrogen-bond donors (Lipinski definition) is 2. The number of aliphatic hydroxyl groups is 1. The Morgan fingerprint density at radius 3 is 2.42 bits per heavy atom. The zero-order chi connectivity index (χ0) is 14.3. The molecule has 3 N–H and O–H groups in total. The summed E-state index contributed by atoms with van der Waals surface area (Å²) in [4.78, 5) is 2.36. The number of nitrogens with zero attached hydrogens (tertiary/aromatic N) is 1. The molecule has 3 nitrogen and oxygen atoms in total. The summed E-state index contributed by atoms with van der Waals surface area (Å²) in [5.41, 5.74) is 7.62. The molecule has 0 aliphatic carbocycles. The molecule has 1 rings (SSSR count). The quantitative estimate of drug-likeness (QED) is 0.758. The van der Waals surface area contributed by atoms with Gasteiger partial charge in [-0.2, -0.15) is 0 Å². The Kier molecular flexibility index (Phi) is 6.49. The lowest BCUT2D eigenvalue weighted by molar-refractivity contribution is 0.146. The van der Waals surface area contributed by atoms with Crippen LogP contribution >= 0.6 is 0 Å². The van der Waals surface area contributed by atoms with E-state index in [1.807, 2.05) is 18.2 Å². The van der Waals surface area contributed by atoms with Crippen molar-refractivity contribution in [2.45, 2.75) is 33.2 Å². The molecule has 3 heteroatoms. The molecule has 1 atom stereocenters. The highest BCUT2D eigenvalue weighted by Gasteiger charge is 2.29. The summed E-state index contributed by atoms with van der Waals surface area (Å²) in [5, 5.41) is 8.94. The van der Waals surface area contributed by atoms with Gasteiger partial charge in [0.1, 0.15) is 0 Å². The van der Waals surface area contributed by atoms with Gasteiger partial charge in [-0.3, -0.25) is 0 Å². The van der Waals surface area contributed by atoms with Crippen LogP contribution in [0.25, 0.3) is 0 Å². The number of rotatable bonds is 8. The largest absolute Gasteiger partial charge is 0.396 e. The van der Waals surface area contributed by atoms with Gasteiger partial charge in [0.2, 0.25) is 0 Å². The van der Waals surface area contributed by atoms with Crippen LogP contribution in [0.1, 0.15) is 38.8 Å². The van der Waals surface area contributed by atoms with E-state index in [4.69, 9.17) is 10.8 Å². The van der Waals surface area contributed by atoms with E-state index in [9.17, 15) is 0 Å². The Morgan fingerprint density at radius 1 is 1.26 bits per heavy atom. The molecule has 19 heavy (non-hydrogen) atoms. The zero-order valence-corrected chi connectivity index (χ0v) is 12.5. The maximum atomic E-state index is 8.94. The number of nitrogens with two attached hydrogens (primary N) is 1. The van der Waals surface area contributed by atoms with Gasteiger partial charge in [-0.15, -0.1) is 0 Å². The minimum absolute atomic E-state index is 0.00676. The van der Waals surface area contributed by atoms with Crippen molar-refractivity contribution in [2.75, 3.05) is 26.2 Å². The molecule has 1 aromatic carbocycles. The van der Waals surface area contributed by atoms with E-state index in [1.54, 1.807) is 0 Å². The number of hydrogen-bond acceptors (Lipinski definition) is 3. The first kappa shape index (κ1) is 16.2. The van der Waals surface area contributed by atoms with Crippen LogP contribution in [0.5, 0.6) is 0 Å². The maximum absolute atomic E-state index is 8.94. The van der Waals surface area contributed by atoms with Crippen molar-refractivity contribution in [3.8, 4) is 0 Å². The SMILES string of the molecule is CCN(CCCO)CC(C)(C)C(N)c1ccccc1. The summed E-state index contributed by atoms with van der Waals surface area (Å²) < 4.78 is 0. The molecule has 0 spiro atoms. The van der Waals surface area contributed by atoms with E-state index in [-0.39, 0.29) is 18.1 Å². The molecular formula is C16H28N2O. The van der Waals surface area contributed by atoms with Crippen molar-refractivity contribution in [1.29, 1.82) is 0 Å². The van der Waals surface area contributed by atoms with Crippen LogP contribution in [-0.2, 0) is 0 Å². The van der Waals surface area contributed by atoms with Crippen LogP contribution in [0.4, 0.5) is 0 Å². The predicted molar refractivity (Wildman–Crippen MR) is 81.0 cm³/mol. The molecule has 0 bridgehead atoms. The first-order valence-electron chi connectivity index (χ1n) is 7.15. The van der Waals surface area contributed by atoms with E-state index in [2.05, 4.69) is 37.8 Å². The Morgan fingerprint density at radius 2 is 1.89 bits per heavy atom. The zero-order valence-electron chi connectivity index (χ0n) is 12.5. The first-order chi connectivity index (χ1) is 9.01. The molecule has 0 radical (unpaired) electrons. The van der Waals surface area contributed by atoms with Crippen molar-refractivity contribution in [2.24, 2.45) is 11.1 Å². The highest BCUT2D eigenvalue weighted by Crippen LogP contribution is 2.32. The third-order valence-electron chi connectivity index (χ3n) is 3.71. The summed E-state index contributed by atoms with van der Waals surface area (Å²) >= 11 is 0. The molecule has 0 fully saturated rings. The Labute approximate surface area is 117 Å². The third-order valence-corrected chi connectivity index (χ3v) is 3.71. The third kappa shape index (κ3) is 4.94. The van der Waals surface area contributed by atoms with Crippen molar-refractivity contribution < 1.29 is 5.11 Å². The molecule has 0 saturated heterocycles. The smallest absolute Gasteiger partial charge is 0.0443 e. The second kappa shape index (κ2) is 7.63. The van der Waals surface area contributed by atoms with Crippen molar-refractivity contribution in [1.82, 2.24) is 4.90 Å². The van der Waals surface area contributed by atoms with Gasteiger partial charge in [0.05, 0.1) is 0 Å². The molecule has 0 aromatic heterocycles. The monoisotopic (exact) mass is 264 g/mol. The Bertz CT molecular complexity index is 351. The van der Waals surface area contributed by atoms with Gasteiger partial charge in [0.25, 0.3) is 0 Å². The van der Waals surface area contributed by atoms with Gasteiger partial charge >= 0.3 is 0 Å². The Balaban J connectivity index is 2.68. The lowest BCUT2D eigenvalue weighted by Crippen LogP contribution is -2.41. The molecule has 1 unspecified atom stereocenters. The van der Waals surface area contributed by atoms with E-state index >= 15 is 0 Å². The molecule has 0 aliphatic heterocycles. The minimum Gasteiger partial charge on any atom is -0.396 e. The van der Waals surface area contributed by atoms with E-state index < -0.39 is 0 Å². The lowest BCUT2D eigenvalue weighted by atomic mass is 9.80. The molecule has 0 heterocycles. The van der Waals surface area contributed by atoms with Gasteiger partial charge in [-0.05, 0) is 23.9 Å². The second-order valence-corrected chi connectivity index (χ2v) is 5.82. The molecule has 0 aliphatic rings. The van der Waals surface area contributed by atoms with Crippen LogP contribution in [0.2, 0.25) is 0 Å². The number of aliphatic hydroxyl groups excluding tert-OH is 1. The molecule has 0 saturated carbocycles. The Hall–Kier alpha value is -0.900. The fourth-order valence-corrected chi connectivity index (χ4v) is 2.43. The topological polar surface area (TPSA) is 49.5 Å². The van der Waals surface area contributed by atoms with Crippen LogP contribution in [0, 0.1) is 5.41 Å². The van der Waals surface area contributed by atoms with Crippen molar-refractivity contribution in [3.05, 3.63) is 35.9 Å². The molecular weight excluding hydrogens is 236 g/mol. The standard InChI is InChI=1S/C16H28N2O/c1-4-18(11-8-12-19)13-16(2,3)15(17)14-9-6-5-7-10-14/h5-7,9-10,15,19H,4,8,11-13,17H2,1-3H3. The second-order valence-electron chi connectivity index (χ2n) is 5.82. The number of benzene rings is 1. The van der Waals surface area contributed by atoms with E-state index in [0.29, 0.717) is 0 Å². The van der Waals surface area contributed by atoms with Gasteiger partial charge < -0.3 is 15.7 Å². The summed E-state index contributed by atoms with van der Waals surface area (Å²) in [6, 6.07) is 10.3. The van der Waals surface area contributed by atoms with Crippen LogP contribution in [0.3, 0.4) is 0 Å². The molecule has 0 amide bonds. The summed E-state index contributed by atoms with van der Waals surface area (Å²) in [7, 11) is 0. The van der Waals surface area contributed by atoms with Crippen molar-refractivity contribution in [3.63, 3.8) is 0 Å². The van der Waals surface area contributed by atoms with Crippen LogP contribution < -0.4 is 5.73 Å². The van der Waals surface area contributed by atoms with Crippen LogP contribution in [0.15, 0.2) is 30.3 Å². The molecule has 108 valence electrons. The van der Waals surface area contributed by atoms with Gasteiger partial charge in [-0.1, -0.05) is 51.1 Å². The van der Waals surface area contributed by atoms with Gasteiger partial charge in [-0.25, -0.2) is 0 Å². The van der Waals surface area contributed by atoms with Gasteiger partial charge in [0.15, 0.2) is 0 Å². The summed E-state index contributed by atoms with van der Waals surface area (Å²) in [6.45, 7) is 9.70. The molecule has 1 aromatic rings. The highest BCUT2D eigenvalue weighted by atomic mass is 16.3. The average molecular weight is 264 g/mol. The van der Waals surface area contributed by atoms with E-state index in [0.717, 1.165) is 26.1 Å². The van der Waals surface area contributed by atoms with Crippen molar-refractivity contribution >= 4 is 0 Å². The van der Waals surface area contributed by atoms with E-state index in [1.165, 1.54) is 5.56 Å². The van der Waals surface area contributed by atoms with Gasteiger partial charge in [0, 0.05) is 25.7 Å². The summed E-state index contributed by atoms with van der Waals surface area (Å²) in [5.74, 6) is 0. The lowest BCUT2D eigenvalue weighted by Gasteiger charge is -2.37.